The van der Waals surface area contributed by atoms with Crippen LogP contribution < -0.4 is 5.73 Å². The Balaban J connectivity index is 2.25. The van der Waals surface area contributed by atoms with Gasteiger partial charge in [-0.3, -0.25) is 0 Å². The number of rotatable bonds is 0. The van der Waals surface area contributed by atoms with E-state index in [9.17, 15) is 4.21 Å². The zero-order valence-electron chi connectivity index (χ0n) is 9.60. The Morgan fingerprint density at radius 3 is 2.78 bits per heavy atom. The minimum Gasteiger partial charge on any atom is -0.324 e. The number of nitrogens with two attached hydrogens (primary N) is 1. The van der Waals surface area contributed by atoms with Gasteiger partial charge in [-0.2, -0.15) is 0 Å². The van der Waals surface area contributed by atoms with E-state index in [0.29, 0.717) is 11.4 Å². The average Bonchev–Trinajstić information content (AvgIpc) is 2.47. The van der Waals surface area contributed by atoms with E-state index < -0.39 is 10.8 Å². The lowest BCUT2D eigenvalue weighted by Crippen LogP contribution is -2.13. The number of benzene rings is 2. The lowest BCUT2D eigenvalue weighted by molar-refractivity contribution is 0.682. The molecule has 2 unspecified atom stereocenters. The highest BCUT2D eigenvalue weighted by molar-refractivity contribution is 7.85. The second-order valence-corrected chi connectivity index (χ2v) is 6.22. The number of fused-ring (bicyclic) bond motifs is 2. The van der Waals surface area contributed by atoms with Gasteiger partial charge in [0.25, 0.3) is 0 Å². The van der Waals surface area contributed by atoms with E-state index in [0.717, 1.165) is 20.9 Å². The molecular formula is C14H12ClNOS. The Bertz CT molecular complexity index is 641. The summed E-state index contributed by atoms with van der Waals surface area (Å²) in [6.07, 6.45) is 0.665. The van der Waals surface area contributed by atoms with E-state index >= 15 is 0 Å². The van der Waals surface area contributed by atoms with E-state index in [1.54, 1.807) is 6.07 Å². The van der Waals surface area contributed by atoms with Crippen LogP contribution in [-0.4, -0.2) is 4.21 Å². The molecule has 2 nitrogen and oxygen atoms in total. The first kappa shape index (κ1) is 11.9. The molecule has 0 radical (unpaired) electrons. The van der Waals surface area contributed by atoms with Crippen molar-refractivity contribution in [2.75, 3.05) is 0 Å². The molecule has 0 saturated heterocycles. The van der Waals surface area contributed by atoms with Crippen molar-refractivity contribution in [3.8, 4) is 0 Å². The van der Waals surface area contributed by atoms with Crippen molar-refractivity contribution in [2.45, 2.75) is 22.3 Å². The van der Waals surface area contributed by atoms with Gasteiger partial charge in [0.05, 0.1) is 10.8 Å². The molecule has 2 aromatic rings. The Hall–Kier alpha value is -1.16. The van der Waals surface area contributed by atoms with E-state index in [1.807, 2.05) is 36.4 Å². The van der Waals surface area contributed by atoms with Crippen LogP contribution in [0.4, 0.5) is 0 Å². The molecule has 0 saturated carbocycles. The monoisotopic (exact) mass is 277 g/mol. The summed E-state index contributed by atoms with van der Waals surface area (Å²) in [4.78, 5) is 1.63. The molecule has 0 spiro atoms. The fourth-order valence-electron chi connectivity index (χ4n) is 2.31. The first-order chi connectivity index (χ1) is 8.66. The standard InChI is InChI=1S/C14H12ClNOS/c15-10-5-6-13-9(7-10)8-12(16)11-3-1-2-4-14(11)18(13)17/h1-7,12H,8,16H2. The van der Waals surface area contributed by atoms with Gasteiger partial charge in [-0.05, 0) is 41.8 Å². The van der Waals surface area contributed by atoms with Gasteiger partial charge >= 0.3 is 0 Å². The maximum atomic E-state index is 12.6. The van der Waals surface area contributed by atoms with Gasteiger partial charge in [0.2, 0.25) is 0 Å². The van der Waals surface area contributed by atoms with Crippen molar-refractivity contribution in [1.29, 1.82) is 0 Å². The Morgan fingerprint density at radius 2 is 1.94 bits per heavy atom. The molecule has 1 aliphatic rings. The second-order valence-electron chi connectivity index (χ2n) is 4.37. The highest BCUT2D eigenvalue weighted by Gasteiger charge is 2.24. The summed E-state index contributed by atoms with van der Waals surface area (Å²) in [6, 6.07) is 13.0. The zero-order chi connectivity index (χ0) is 12.7. The summed E-state index contributed by atoms with van der Waals surface area (Å²) in [5.74, 6) is 0. The van der Waals surface area contributed by atoms with Crippen molar-refractivity contribution >= 4 is 22.4 Å². The lowest BCUT2D eigenvalue weighted by atomic mass is 10.00. The van der Waals surface area contributed by atoms with Gasteiger partial charge in [0.1, 0.15) is 0 Å². The first-order valence-electron chi connectivity index (χ1n) is 5.71. The van der Waals surface area contributed by atoms with Crippen LogP contribution in [-0.2, 0) is 17.2 Å². The predicted molar refractivity (Wildman–Crippen MR) is 73.2 cm³/mol. The van der Waals surface area contributed by atoms with Crippen LogP contribution in [0.1, 0.15) is 17.2 Å². The third-order valence-electron chi connectivity index (χ3n) is 3.18. The molecule has 0 aromatic heterocycles. The second kappa shape index (κ2) is 4.50. The van der Waals surface area contributed by atoms with Crippen LogP contribution in [0.5, 0.6) is 0 Å². The summed E-state index contributed by atoms with van der Waals surface area (Å²) in [5.41, 5.74) is 8.13. The molecule has 1 heterocycles. The van der Waals surface area contributed by atoms with E-state index in [-0.39, 0.29) is 6.04 Å². The maximum Gasteiger partial charge on any atom is 0.0855 e. The number of halogens is 1. The molecule has 18 heavy (non-hydrogen) atoms. The predicted octanol–water partition coefficient (Wildman–Crippen LogP) is 3.06. The third kappa shape index (κ3) is 1.88. The molecule has 0 amide bonds. The Kier molecular flexibility index (Phi) is 2.98. The fourth-order valence-corrected chi connectivity index (χ4v) is 3.95. The molecule has 4 heteroatoms. The quantitative estimate of drug-likeness (QED) is 0.804. The zero-order valence-corrected chi connectivity index (χ0v) is 11.2. The molecule has 92 valence electrons. The SMILES string of the molecule is NC1Cc2cc(Cl)ccc2S(=O)c2ccccc21. The molecule has 1 aliphatic heterocycles. The van der Waals surface area contributed by atoms with E-state index in [1.165, 1.54) is 0 Å². The summed E-state index contributed by atoms with van der Waals surface area (Å²) < 4.78 is 12.6. The summed E-state index contributed by atoms with van der Waals surface area (Å²) >= 11 is 6.00. The molecule has 0 aliphatic carbocycles. The molecule has 3 rings (SSSR count). The molecular weight excluding hydrogens is 266 g/mol. The topological polar surface area (TPSA) is 43.1 Å². The minimum atomic E-state index is -1.18. The van der Waals surface area contributed by atoms with Gasteiger partial charge in [-0.15, -0.1) is 0 Å². The van der Waals surface area contributed by atoms with Gasteiger partial charge in [-0.1, -0.05) is 29.8 Å². The van der Waals surface area contributed by atoms with Crippen LogP contribution in [0.25, 0.3) is 0 Å². The largest absolute Gasteiger partial charge is 0.324 e. The van der Waals surface area contributed by atoms with Crippen molar-refractivity contribution < 1.29 is 4.21 Å². The van der Waals surface area contributed by atoms with Crippen LogP contribution >= 0.6 is 11.6 Å². The Labute approximate surface area is 113 Å². The Morgan fingerprint density at radius 1 is 1.17 bits per heavy atom. The summed E-state index contributed by atoms with van der Waals surface area (Å²) in [5, 5.41) is 0.656. The number of hydrogen-bond donors (Lipinski definition) is 1. The fraction of sp³-hybridized carbons (Fsp3) is 0.143. The van der Waals surface area contributed by atoms with Crippen LogP contribution in [0.2, 0.25) is 5.02 Å². The van der Waals surface area contributed by atoms with Crippen molar-refractivity contribution in [2.24, 2.45) is 5.73 Å². The number of hydrogen-bond acceptors (Lipinski definition) is 2. The van der Waals surface area contributed by atoms with Crippen LogP contribution in [0.15, 0.2) is 52.3 Å². The van der Waals surface area contributed by atoms with Crippen LogP contribution in [0.3, 0.4) is 0 Å². The molecule has 2 aromatic carbocycles. The first-order valence-corrected chi connectivity index (χ1v) is 7.24. The molecule has 0 fully saturated rings. The smallest absolute Gasteiger partial charge is 0.0855 e. The van der Waals surface area contributed by atoms with Crippen molar-refractivity contribution in [3.63, 3.8) is 0 Å². The van der Waals surface area contributed by atoms with Crippen LogP contribution in [0, 0.1) is 0 Å². The summed E-state index contributed by atoms with van der Waals surface area (Å²) in [7, 11) is -1.18. The van der Waals surface area contributed by atoms with Crippen molar-refractivity contribution in [1.82, 2.24) is 0 Å². The van der Waals surface area contributed by atoms with E-state index in [4.69, 9.17) is 17.3 Å². The molecule has 2 N–H and O–H groups in total. The molecule has 2 atom stereocenters. The lowest BCUT2D eigenvalue weighted by Gasteiger charge is -2.11. The van der Waals surface area contributed by atoms with Crippen molar-refractivity contribution in [3.05, 3.63) is 58.6 Å². The average molecular weight is 278 g/mol. The van der Waals surface area contributed by atoms with Gasteiger partial charge in [-0.25, -0.2) is 4.21 Å². The normalized spacial score (nSPS) is 21.9. The minimum absolute atomic E-state index is 0.134. The van der Waals surface area contributed by atoms with Gasteiger partial charge < -0.3 is 5.73 Å². The van der Waals surface area contributed by atoms with E-state index in [2.05, 4.69) is 0 Å². The maximum absolute atomic E-state index is 12.6. The van der Waals surface area contributed by atoms with Gasteiger partial charge in [0.15, 0.2) is 0 Å². The highest BCUT2D eigenvalue weighted by atomic mass is 35.5. The van der Waals surface area contributed by atoms with Gasteiger partial charge in [0, 0.05) is 20.9 Å². The highest BCUT2D eigenvalue weighted by Crippen LogP contribution is 2.33. The third-order valence-corrected chi connectivity index (χ3v) is 4.98. The molecule has 0 bridgehead atoms. The summed E-state index contributed by atoms with van der Waals surface area (Å²) in [6.45, 7) is 0.